The molecule has 2 aliphatic heterocycles. The number of aliphatic hydroxyl groups excluding tert-OH is 1. The van der Waals surface area contributed by atoms with Crippen LogP contribution in [-0.4, -0.2) is 24.1 Å². The summed E-state index contributed by atoms with van der Waals surface area (Å²) in [5.74, 6) is 0. The van der Waals surface area contributed by atoms with Crippen LogP contribution >= 0.6 is 0 Å². The van der Waals surface area contributed by atoms with E-state index in [1.54, 1.807) is 12.4 Å². The van der Waals surface area contributed by atoms with Crippen LogP contribution in [0.1, 0.15) is 6.42 Å². The van der Waals surface area contributed by atoms with Crippen molar-refractivity contribution in [3.8, 4) is 0 Å². The Morgan fingerprint density at radius 3 is 2.53 bits per heavy atom. The SMILES string of the molecule is OCCC1=C(C2=C[C+]=NC=C2)C=CN=[C+]1.[Cl-].[Cl-]. The fourth-order valence-electron chi connectivity index (χ4n) is 1.44. The Hall–Kier alpha value is -1.34. The molecule has 0 radical (unpaired) electrons. The number of halogens is 2. The van der Waals surface area contributed by atoms with Gasteiger partial charge in [0.1, 0.15) is 18.5 Å². The van der Waals surface area contributed by atoms with Crippen molar-refractivity contribution in [1.29, 1.82) is 0 Å². The molecule has 0 saturated carbocycles. The fraction of sp³-hybridized carbons (Fsp3) is 0.167. The minimum atomic E-state index is 0. The highest BCUT2D eigenvalue weighted by molar-refractivity contribution is 5.86. The van der Waals surface area contributed by atoms with Gasteiger partial charge >= 0.3 is 0 Å². The summed E-state index contributed by atoms with van der Waals surface area (Å²) >= 11 is 0. The summed E-state index contributed by atoms with van der Waals surface area (Å²) in [6.45, 7) is 0.101. The Kier molecular flexibility index (Phi) is 7.24. The standard InChI is InChI=1S/C12H10N2O.2ClH/c15-8-4-11-9-14-7-3-12(11)10-1-5-13-6-2-10;;/h1-3,5,7,15H,4,8H2;2*1H/q+2;;/p-2. The zero-order valence-electron chi connectivity index (χ0n) is 8.90. The van der Waals surface area contributed by atoms with Gasteiger partial charge < -0.3 is 29.9 Å². The lowest BCUT2D eigenvalue weighted by molar-refractivity contribution is -0.00100. The van der Waals surface area contributed by atoms with Crippen LogP contribution in [0, 0.1) is 0 Å². The highest BCUT2D eigenvalue weighted by atomic mass is 35.5. The van der Waals surface area contributed by atoms with Crippen molar-refractivity contribution in [3.63, 3.8) is 0 Å². The monoisotopic (exact) mass is 268 g/mol. The lowest BCUT2D eigenvalue weighted by Crippen LogP contribution is -3.00. The molecule has 0 amide bonds. The van der Waals surface area contributed by atoms with E-state index in [2.05, 4.69) is 22.4 Å². The normalized spacial score (nSPS) is 15.5. The molecule has 0 saturated heterocycles. The number of hydrogen-bond acceptors (Lipinski definition) is 3. The summed E-state index contributed by atoms with van der Waals surface area (Å²) < 4.78 is 0. The van der Waals surface area contributed by atoms with E-state index < -0.39 is 0 Å². The van der Waals surface area contributed by atoms with Gasteiger partial charge in [0.2, 0.25) is 0 Å². The molecule has 0 fully saturated rings. The minimum Gasteiger partial charge on any atom is -1.00 e. The van der Waals surface area contributed by atoms with Gasteiger partial charge in [-0.2, -0.15) is 0 Å². The Morgan fingerprint density at radius 2 is 1.88 bits per heavy atom. The van der Waals surface area contributed by atoms with Crippen LogP contribution in [-0.2, 0) is 0 Å². The summed E-state index contributed by atoms with van der Waals surface area (Å²) in [5, 5.41) is 8.92. The summed E-state index contributed by atoms with van der Waals surface area (Å²) in [6, 6.07) is 0. The van der Waals surface area contributed by atoms with Crippen molar-refractivity contribution in [2.24, 2.45) is 9.98 Å². The first-order valence-corrected chi connectivity index (χ1v) is 4.70. The first kappa shape index (κ1) is 15.7. The number of aliphatic hydroxyl groups is 1. The second-order valence-electron chi connectivity index (χ2n) is 3.10. The summed E-state index contributed by atoms with van der Waals surface area (Å²) in [7, 11) is 0. The third-order valence-electron chi connectivity index (χ3n) is 2.14. The highest BCUT2D eigenvalue weighted by Crippen LogP contribution is 2.22. The molecule has 0 bridgehead atoms. The van der Waals surface area contributed by atoms with E-state index in [1.807, 2.05) is 18.2 Å². The smallest absolute Gasteiger partial charge is 0.161 e. The van der Waals surface area contributed by atoms with Crippen LogP contribution in [0.15, 0.2) is 57.3 Å². The van der Waals surface area contributed by atoms with Gasteiger partial charge in [-0.05, 0) is 0 Å². The Balaban J connectivity index is 0.00000128. The van der Waals surface area contributed by atoms with Crippen molar-refractivity contribution < 1.29 is 29.9 Å². The molecule has 3 nitrogen and oxygen atoms in total. The fourth-order valence-corrected chi connectivity index (χ4v) is 1.44. The van der Waals surface area contributed by atoms with Crippen molar-refractivity contribution in [3.05, 3.63) is 47.3 Å². The quantitative estimate of drug-likeness (QED) is 0.516. The molecule has 0 aromatic rings. The average molecular weight is 269 g/mol. The lowest BCUT2D eigenvalue weighted by Gasteiger charge is -1.98. The molecule has 88 valence electrons. The van der Waals surface area contributed by atoms with E-state index in [1.165, 1.54) is 0 Å². The number of allylic oxidation sites excluding steroid dienone is 5. The van der Waals surface area contributed by atoms with Gasteiger partial charge in [0.05, 0.1) is 18.8 Å². The molecule has 0 unspecified atom stereocenters. The van der Waals surface area contributed by atoms with Gasteiger partial charge in [0.25, 0.3) is 0 Å². The first-order chi connectivity index (χ1) is 7.42. The van der Waals surface area contributed by atoms with Gasteiger partial charge in [-0.25, -0.2) is 0 Å². The van der Waals surface area contributed by atoms with E-state index in [4.69, 9.17) is 5.11 Å². The zero-order chi connectivity index (χ0) is 10.5. The van der Waals surface area contributed by atoms with Crippen LogP contribution in [0.3, 0.4) is 0 Å². The summed E-state index contributed by atoms with van der Waals surface area (Å²) in [5.41, 5.74) is 2.96. The van der Waals surface area contributed by atoms with Crippen LogP contribution in [0.5, 0.6) is 0 Å². The van der Waals surface area contributed by atoms with Gasteiger partial charge in [-0.3, -0.25) is 0 Å². The Labute approximate surface area is 113 Å². The lowest BCUT2D eigenvalue weighted by atomic mass is 9.96. The topological polar surface area (TPSA) is 45.0 Å². The maximum Gasteiger partial charge on any atom is 0.161 e. The second kappa shape index (κ2) is 7.86. The van der Waals surface area contributed by atoms with Gasteiger partial charge in [0, 0.05) is 6.42 Å². The van der Waals surface area contributed by atoms with Crippen molar-refractivity contribution in [2.75, 3.05) is 6.61 Å². The van der Waals surface area contributed by atoms with E-state index in [9.17, 15) is 0 Å². The van der Waals surface area contributed by atoms with E-state index in [0.717, 1.165) is 16.7 Å². The van der Waals surface area contributed by atoms with Crippen LogP contribution in [0.25, 0.3) is 0 Å². The van der Waals surface area contributed by atoms with E-state index in [0.29, 0.717) is 6.42 Å². The third-order valence-corrected chi connectivity index (χ3v) is 2.14. The second-order valence-corrected chi connectivity index (χ2v) is 3.10. The molecular formula is C12H10Cl2N2O. The zero-order valence-corrected chi connectivity index (χ0v) is 10.4. The molecule has 2 rings (SSSR count). The predicted molar refractivity (Wildman–Crippen MR) is 60.0 cm³/mol. The Morgan fingerprint density at radius 1 is 1.12 bits per heavy atom. The molecule has 17 heavy (non-hydrogen) atoms. The van der Waals surface area contributed by atoms with Crippen molar-refractivity contribution >= 4 is 12.4 Å². The number of aliphatic imine (C=N–C) groups is 2. The number of rotatable bonds is 3. The maximum absolute atomic E-state index is 8.92. The number of hydrogen-bond donors (Lipinski definition) is 1. The third kappa shape index (κ3) is 3.86. The molecular weight excluding hydrogens is 259 g/mol. The first-order valence-electron chi connectivity index (χ1n) is 4.70. The maximum atomic E-state index is 8.92. The van der Waals surface area contributed by atoms with E-state index >= 15 is 0 Å². The molecule has 2 heterocycles. The number of nitrogens with zero attached hydrogens (tertiary/aromatic N) is 2. The molecule has 0 aromatic heterocycles. The summed E-state index contributed by atoms with van der Waals surface area (Å²) in [4.78, 5) is 7.77. The molecule has 5 heteroatoms. The molecule has 2 aliphatic rings. The molecule has 1 N–H and O–H groups in total. The molecule has 0 aliphatic carbocycles. The van der Waals surface area contributed by atoms with Gasteiger partial charge in [-0.15, -0.1) is 0 Å². The molecule has 0 aromatic carbocycles. The van der Waals surface area contributed by atoms with Crippen molar-refractivity contribution in [2.45, 2.75) is 6.42 Å². The van der Waals surface area contributed by atoms with Gasteiger partial charge in [0.15, 0.2) is 29.1 Å². The highest BCUT2D eigenvalue weighted by Gasteiger charge is 2.23. The van der Waals surface area contributed by atoms with Crippen LogP contribution in [0.2, 0.25) is 0 Å². The molecule has 0 atom stereocenters. The van der Waals surface area contributed by atoms with Crippen molar-refractivity contribution in [1.82, 2.24) is 0 Å². The predicted octanol–water partition coefficient (Wildman–Crippen LogP) is -4.45. The van der Waals surface area contributed by atoms with E-state index in [-0.39, 0.29) is 31.4 Å². The largest absolute Gasteiger partial charge is 1.00 e. The average Bonchev–Trinajstić information content (AvgIpc) is 2.31. The summed E-state index contributed by atoms with van der Waals surface area (Å²) in [6.07, 6.45) is 15.2. The minimum absolute atomic E-state index is 0. The van der Waals surface area contributed by atoms with Gasteiger partial charge in [-0.1, -0.05) is 9.98 Å². The molecule has 0 spiro atoms. The Bertz CT molecular complexity index is 432. The van der Waals surface area contributed by atoms with Crippen LogP contribution < -0.4 is 24.8 Å². The van der Waals surface area contributed by atoms with Crippen LogP contribution in [0.4, 0.5) is 0 Å².